The van der Waals surface area contributed by atoms with Gasteiger partial charge in [0.2, 0.25) is 0 Å². The highest BCUT2D eigenvalue weighted by Gasteiger charge is 2.14. The molecule has 2 aromatic carbocycles. The van der Waals surface area contributed by atoms with Gasteiger partial charge >= 0.3 is 5.97 Å². The van der Waals surface area contributed by atoms with E-state index < -0.39 is 5.97 Å². The van der Waals surface area contributed by atoms with Crippen molar-refractivity contribution < 1.29 is 14.6 Å². The summed E-state index contributed by atoms with van der Waals surface area (Å²) < 4.78 is 5.78. The van der Waals surface area contributed by atoms with Crippen LogP contribution >= 0.6 is 0 Å². The summed E-state index contributed by atoms with van der Waals surface area (Å²) in [5, 5.41) is 9.21. The third-order valence-electron chi connectivity index (χ3n) is 2.99. The minimum absolute atomic E-state index is 0.0589. The van der Waals surface area contributed by atoms with Gasteiger partial charge in [-0.05, 0) is 35.7 Å². The molecule has 0 bridgehead atoms. The van der Waals surface area contributed by atoms with Crippen molar-refractivity contribution in [2.75, 3.05) is 5.73 Å². The van der Waals surface area contributed by atoms with Crippen LogP contribution in [0.1, 0.15) is 35.7 Å². The summed E-state index contributed by atoms with van der Waals surface area (Å²) in [6.07, 6.45) is 0. The van der Waals surface area contributed by atoms with Gasteiger partial charge in [0.05, 0.1) is 0 Å². The lowest BCUT2D eigenvalue weighted by Gasteiger charge is -2.15. The highest BCUT2D eigenvalue weighted by Crippen LogP contribution is 2.32. The topological polar surface area (TPSA) is 72.5 Å². The Balaban J connectivity index is 2.43. The summed E-state index contributed by atoms with van der Waals surface area (Å²) in [4.78, 5) is 11.2. The Bertz CT molecular complexity index is 635. The molecule has 104 valence electrons. The van der Waals surface area contributed by atoms with Gasteiger partial charge in [0.15, 0.2) is 0 Å². The highest BCUT2D eigenvalue weighted by atomic mass is 16.5. The van der Waals surface area contributed by atoms with E-state index in [1.54, 1.807) is 12.1 Å². The first-order valence-corrected chi connectivity index (χ1v) is 6.38. The number of ether oxygens (including phenoxy) is 1. The molecule has 0 radical (unpaired) electrons. The smallest absolute Gasteiger partial charge is 0.339 e. The normalized spacial score (nSPS) is 10.6. The summed E-state index contributed by atoms with van der Waals surface area (Å²) in [5.74, 6) is 0.178. The van der Waals surface area contributed by atoms with Crippen molar-refractivity contribution in [3.05, 3.63) is 53.6 Å². The largest absolute Gasteiger partial charge is 0.478 e. The summed E-state index contributed by atoms with van der Waals surface area (Å²) in [7, 11) is 0. The lowest BCUT2D eigenvalue weighted by molar-refractivity contribution is 0.0694. The van der Waals surface area contributed by atoms with Gasteiger partial charge in [-0.15, -0.1) is 0 Å². The van der Waals surface area contributed by atoms with Gasteiger partial charge in [0.25, 0.3) is 0 Å². The second kappa shape index (κ2) is 5.65. The fraction of sp³-hybridized carbons (Fsp3) is 0.188. The Kier molecular flexibility index (Phi) is 3.94. The fourth-order valence-electron chi connectivity index (χ4n) is 1.97. The number of hydrogen-bond acceptors (Lipinski definition) is 3. The number of rotatable bonds is 4. The van der Waals surface area contributed by atoms with Gasteiger partial charge in [-0.25, -0.2) is 4.79 Å². The number of nitrogens with two attached hydrogens (primary N) is 1. The van der Waals surface area contributed by atoms with Gasteiger partial charge in [-0.1, -0.05) is 32.0 Å². The average molecular weight is 271 g/mol. The fourth-order valence-corrected chi connectivity index (χ4v) is 1.97. The number of anilines is 1. The van der Waals surface area contributed by atoms with Gasteiger partial charge in [0, 0.05) is 5.69 Å². The van der Waals surface area contributed by atoms with Crippen molar-refractivity contribution in [2.45, 2.75) is 19.8 Å². The standard InChI is InChI=1S/C16H17NO3/c1-10(2)12-5-3-4-6-14(12)20-15-8-7-11(17)9-13(15)16(18)19/h3-10H,17H2,1-2H3,(H,18,19). The molecule has 0 saturated carbocycles. The molecular formula is C16H17NO3. The molecule has 2 aromatic rings. The van der Waals surface area contributed by atoms with Crippen LogP contribution in [-0.4, -0.2) is 11.1 Å². The van der Waals surface area contributed by atoms with Crippen LogP contribution in [-0.2, 0) is 0 Å². The maximum Gasteiger partial charge on any atom is 0.339 e. The van der Waals surface area contributed by atoms with Crippen molar-refractivity contribution in [3.8, 4) is 11.5 Å². The van der Waals surface area contributed by atoms with E-state index >= 15 is 0 Å². The number of benzene rings is 2. The molecule has 0 spiro atoms. The molecule has 0 aliphatic carbocycles. The molecule has 0 fully saturated rings. The summed E-state index contributed by atoms with van der Waals surface area (Å²) in [6, 6.07) is 12.2. The van der Waals surface area contributed by atoms with Crippen molar-refractivity contribution in [1.82, 2.24) is 0 Å². The van der Waals surface area contributed by atoms with Crippen LogP contribution in [0.15, 0.2) is 42.5 Å². The lowest BCUT2D eigenvalue weighted by atomic mass is 10.0. The first kappa shape index (κ1) is 13.9. The van der Waals surface area contributed by atoms with E-state index in [-0.39, 0.29) is 11.5 Å². The van der Waals surface area contributed by atoms with Gasteiger partial charge in [-0.2, -0.15) is 0 Å². The Morgan fingerprint density at radius 2 is 1.85 bits per heavy atom. The van der Waals surface area contributed by atoms with Crippen LogP contribution in [0.3, 0.4) is 0 Å². The number of hydrogen-bond donors (Lipinski definition) is 2. The van der Waals surface area contributed by atoms with E-state index in [4.69, 9.17) is 10.5 Å². The molecule has 20 heavy (non-hydrogen) atoms. The summed E-state index contributed by atoms with van der Waals surface area (Å²) >= 11 is 0. The molecule has 0 aromatic heterocycles. The van der Waals surface area contributed by atoms with Crippen molar-refractivity contribution in [2.24, 2.45) is 0 Å². The number of nitrogen functional groups attached to an aromatic ring is 1. The Morgan fingerprint density at radius 3 is 2.50 bits per heavy atom. The molecule has 0 unspecified atom stereocenters. The zero-order valence-electron chi connectivity index (χ0n) is 11.5. The lowest BCUT2D eigenvalue weighted by Crippen LogP contribution is -2.02. The average Bonchev–Trinajstić information content (AvgIpc) is 2.41. The Hall–Kier alpha value is -2.49. The van der Waals surface area contributed by atoms with E-state index in [1.807, 2.05) is 24.3 Å². The first-order valence-electron chi connectivity index (χ1n) is 6.38. The van der Waals surface area contributed by atoms with Gasteiger partial charge in [-0.3, -0.25) is 0 Å². The highest BCUT2D eigenvalue weighted by molar-refractivity contribution is 5.92. The third kappa shape index (κ3) is 2.91. The molecule has 4 nitrogen and oxygen atoms in total. The molecule has 0 amide bonds. The maximum absolute atomic E-state index is 11.2. The van der Waals surface area contributed by atoms with Crippen LogP contribution in [0.2, 0.25) is 0 Å². The van der Waals surface area contributed by atoms with Crippen molar-refractivity contribution in [1.29, 1.82) is 0 Å². The molecule has 3 N–H and O–H groups in total. The number of para-hydroxylation sites is 1. The molecule has 0 heterocycles. The second-order valence-electron chi connectivity index (χ2n) is 4.86. The Labute approximate surface area is 117 Å². The van der Waals surface area contributed by atoms with Crippen LogP contribution in [0.4, 0.5) is 5.69 Å². The maximum atomic E-state index is 11.2. The molecule has 4 heteroatoms. The van der Waals surface area contributed by atoms with E-state index in [0.717, 1.165) is 5.56 Å². The van der Waals surface area contributed by atoms with Crippen LogP contribution in [0.5, 0.6) is 11.5 Å². The number of carboxylic acid groups (broad SMARTS) is 1. The predicted octanol–water partition coefficient (Wildman–Crippen LogP) is 3.88. The van der Waals surface area contributed by atoms with E-state index in [9.17, 15) is 9.90 Å². The minimum Gasteiger partial charge on any atom is -0.478 e. The second-order valence-corrected chi connectivity index (χ2v) is 4.86. The van der Waals surface area contributed by atoms with Crippen molar-refractivity contribution in [3.63, 3.8) is 0 Å². The predicted molar refractivity (Wildman–Crippen MR) is 78.4 cm³/mol. The molecular weight excluding hydrogens is 254 g/mol. The molecule has 0 saturated heterocycles. The van der Waals surface area contributed by atoms with Gasteiger partial charge in [0.1, 0.15) is 17.1 Å². The summed E-state index contributed by atoms with van der Waals surface area (Å²) in [5.41, 5.74) is 7.10. The summed E-state index contributed by atoms with van der Waals surface area (Å²) in [6.45, 7) is 4.12. The van der Waals surface area contributed by atoms with Crippen LogP contribution < -0.4 is 10.5 Å². The number of carboxylic acids is 1. The van der Waals surface area contributed by atoms with Crippen LogP contribution in [0.25, 0.3) is 0 Å². The quantitative estimate of drug-likeness (QED) is 0.828. The zero-order chi connectivity index (χ0) is 14.7. The number of carbonyl (C=O) groups is 1. The SMILES string of the molecule is CC(C)c1ccccc1Oc1ccc(N)cc1C(=O)O. The third-order valence-corrected chi connectivity index (χ3v) is 2.99. The first-order chi connectivity index (χ1) is 9.49. The minimum atomic E-state index is -1.06. The monoisotopic (exact) mass is 271 g/mol. The molecule has 0 aliphatic heterocycles. The van der Waals surface area contributed by atoms with E-state index in [2.05, 4.69) is 13.8 Å². The molecule has 2 rings (SSSR count). The zero-order valence-corrected chi connectivity index (χ0v) is 11.5. The molecule has 0 aliphatic rings. The Morgan fingerprint density at radius 1 is 1.15 bits per heavy atom. The van der Waals surface area contributed by atoms with E-state index in [1.165, 1.54) is 6.07 Å². The van der Waals surface area contributed by atoms with Crippen LogP contribution in [0, 0.1) is 0 Å². The number of aromatic carboxylic acids is 1. The van der Waals surface area contributed by atoms with Crippen molar-refractivity contribution >= 4 is 11.7 Å². The van der Waals surface area contributed by atoms with E-state index in [0.29, 0.717) is 17.2 Å². The van der Waals surface area contributed by atoms with Gasteiger partial charge < -0.3 is 15.6 Å². The molecule has 0 atom stereocenters.